The van der Waals surface area contributed by atoms with Crippen LogP contribution >= 0.6 is 0 Å². The first-order chi connectivity index (χ1) is 11.6. The van der Waals surface area contributed by atoms with E-state index in [1.807, 2.05) is 0 Å². The Kier molecular flexibility index (Phi) is 5.30. The molecule has 0 saturated carbocycles. The van der Waals surface area contributed by atoms with Gasteiger partial charge in [0.05, 0.1) is 18.5 Å². The van der Waals surface area contributed by atoms with E-state index in [0.29, 0.717) is 18.7 Å². The van der Waals surface area contributed by atoms with Crippen LogP contribution in [0.25, 0.3) is 0 Å². The molecule has 0 unspecified atom stereocenters. The number of likely N-dealkylation sites (tertiary alicyclic amines) is 1. The number of ether oxygens (including phenoxy) is 2. The van der Waals surface area contributed by atoms with Gasteiger partial charge in [0.25, 0.3) is 5.69 Å². The second-order valence-corrected chi connectivity index (χ2v) is 6.98. The van der Waals surface area contributed by atoms with Crippen LogP contribution in [0.3, 0.4) is 0 Å². The third kappa shape index (κ3) is 4.68. The third-order valence-corrected chi connectivity index (χ3v) is 3.87. The molecule has 25 heavy (non-hydrogen) atoms. The van der Waals surface area contributed by atoms with Crippen LogP contribution < -0.4 is 0 Å². The van der Waals surface area contributed by atoms with Crippen molar-refractivity contribution in [1.82, 2.24) is 4.90 Å². The van der Waals surface area contributed by atoms with E-state index in [4.69, 9.17) is 4.74 Å². The van der Waals surface area contributed by atoms with Crippen molar-refractivity contribution < 1.29 is 24.0 Å². The quantitative estimate of drug-likeness (QED) is 0.470. The number of benzene rings is 1. The number of nitrogens with zero attached hydrogens (tertiary/aromatic N) is 2. The number of hydrogen-bond acceptors (Lipinski definition) is 6. The second-order valence-electron chi connectivity index (χ2n) is 6.98. The van der Waals surface area contributed by atoms with Crippen molar-refractivity contribution in [1.29, 1.82) is 0 Å². The fourth-order valence-corrected chi connectivity index (χ4v) is 2.55. The van der Waals surface area contributed by atoms with Crippen LogP contribution in [0.2, 0.25) is 0 Å². The number of nitro groups is 1. The summed E-state index contributed by atoms with van der Waals surface area (Å²) in [5.74, 6) is -0.519. The van der Waals surface area contributed by atoms with E-state index in [0.717, 1.165) is 5.56 Å². The molecule has 0 radical (unpaired) electrons. The molecule has 1 aromatic carbocycles. The summed E-state index contributed by atoms with van der Waals surface area (Å²) in [4.78, 5) is 35.6. The number of carbonyl (C=O) groups is 2. The van der Waals surface area contributed by atoms with Crippen molar-refractivity contribution in [2.75, 3.05) is 20.2 Å². The first-order valence-electron chi connectivity index (χ1n) is 7.92. The lowest BCUT2D eigenvalue weighted by molar-refractivity contribution is -0.385. The Hall–Kier alpha value is -2.64. The topological polar surface area (TPSA) is 99.0 Å². The Morgan fingerprint density at radius 1 is 1.32 bits per heavy atom. The van der Waals surface area contributed by atoms with E-state index in [-0.39, 0.29) is 24.1 Å². The molecule has 0 bridgehead atoms. The van der Waals surface area contributed by atoms with Gasteiger partial charge in [-0.15, -0.1) is 0 Å². The van der Waals surface area contributed by atoms with Crippen LogP contribution in [-0.2, 0) is 20.7 Å². The first-order valence-corrected chi connectivity index (χ1v) is 7.92. The molecule has 0 spiro atoms. The van der Waals surface area contributed by atoms with Crippen LogP contribution in [0, 0.1) is 10.1 Å². The van der Waals surface area contributed by atoms with E-state index >= 15 is 0 Å². The van der Waals surface area contributed by atoms with Crippen molar-refractivity contribution >= 4 is 17.7 Å². The minimum atomic E-state index is -0.559. The number of carbonyl (C=O) groups excluding carboxylic acids is 2. The normalized spacial score (nSPS) is 14.6. The molecule has 136 valence electrons. The minimum absolute atomic E-state index is 0.0124. The van der Waals surface area contributed by atoms with E-state index < -0.39 is 16.5 Å². The molecule has 0 aromatic heterocycles. The number of nitro benzene ring substituents is 1. The largest absolute Gasteiger partial charge is 0.469 e. The van der Waals surface area contributed by atoms with E-state index in [2.05, 4.69) is 4.74 Å². The Bertz CT molecular complexity index is 689. The van der Waals surface area contributed by atoms with Crippen molar-refractivity contribution in [2.24, 2.45) is 0 Å². The van der Waals surface area contributed by atoms with Gasteiger partial charge in [-0.1, -0.05) is 12.1 Å². The molecule has 8 heteroatoms. The van der Waals surface area contributed by atoms with Gasteiger partial charge >= 0.3 is 12.1 Å². The van der Waals surface area contributed by atoms with E-state index in [1.54, 1.807) is 37.8 Å². The van der Waals surface area contributed by atoms with E-state index in [1.165, 1.54) is 13.2 Å². The van der Waals surface area contributed by atoms with Crippen molar-refractivity contribution in [2.45, 2.75) is 38.7 Å². The lowest BCUT2D eigenvalue weighted by Crippen LogP contribution is -2.50. The molecule has 0 N–H and O–H groups in total. The zero-order valence-corrected chi connectivity index (χ0v) is 14.8. The molecule has 8 nitrogen and oxygen atoms in total. The average Bonchev–Trinajstić information content (AvgIpc) is 2.44. The van der Waals surface area contributed by atoms with Crippen LogP contribution in [0.15, 0.2) is 18.2 Å². The molecular weight excluding hydrogens is 328 g/mol. The molecule has 1 amide bonds. The number of methoxy groups -OCH3 is 1. The van der Waals surface area contributed by atoms with Crippen LogP contribution in [0.1, 0.15) is 37.8 Å². The Morgan fingerprint density at radius 3 is 2.48 bits per heavy atom. The second kappa shape index (κ2) is 7.08. The first kappa shape index (κ1) is 18.7. The van der Waals surface area contributed by atoms with Gasteiger partial charge in [0.2, 0.25) is 0 Å². The van der Waals surface area contributed by atoms with Gasteiger partial charge < -0.3 is 14.4 Å². The van der Waals surface area contributed by atoms with Crippen molar-refractivity contribution in [3.05, 3.63) is 39.4 Å². The van der Waals surface area contributed by atoms with Gasteiger partial charge in [0, 0.05) is 30.6 Å². The SMILES string of the molecule is COC(=O)Cc1ccc(C2CN(C(=O)OC(C)(C)C)C2)cc1[N+](=O)[O-]. The molecule has 2 rings (SSSR count). The molecule has 0 atom stereocenters. The molecule has 1 heterocycles. The average molecular weight is 350 g/mol. The minimum Gasteiger partial charge on any atom is -0.469 e. The summed E-state index contributed by atoms with van der Waals surface area (Å²) in [5.41, 5.74) is 0.402. The summed E-state index contributed by atoms with van der Waals surface area (Å²) in [5, 5.41) is 11.3. The highest BCUT2D eigenvalue weighted by molar-refractivity contribution is 5.74. The summed E-state index contributed by atoms with van der Waals surface area (Å²) in [6, 6.07) is 4.79. The predicted octanol–water partition coefficient (Wildman–Crippen LogP) is 2.64. The van der Waals surface area contributed by atoms with Crippen molar-refractivity contribution in [3.63, 3.8) is 0 Å². The predicted molar refractivity (Wildman–Crippen MR) is 89.4 cm³/mol. The Balaban J connectivity index is 2.07. The lowest BCUT2D eigenvalue weighted by atomic mass is 9.90. The molecular formula is C17H22N2O6. The summed E-state index contributed by atoms with van der Waals surface area (Å²) in [6.07, 6.45) is -0.539. The highest BCUT2D eigenvalue weighted by Crippen LogP contribution is 2.32. The number of rotatable bonds is 4. The van der Waals surface area contributed by atoms with Gasteiger partial charge in [-0.3, -0.25) is 14.9 Å². The summed E-state index contributed by atoms with van der Waals surface area (Å²) in [7, 11) is 1.24. The maximum Gasteiger partial charge on any atom is 0.410 e. The fourth-order valence-electron chi connectivity index (χ4n) is 2.55. The highest BCUT2D eigenvalue weighted by atomic mass is 16.6. The van der Waals surface area contributed by atoms with Crippen LogP contribution in [0.5, 0.6) is 0 Å². The molecule has 1 aliphatic heterocycles. The highest BCUT2D eigenvalue weighted by Gasteiger charge is 2.35. The summed E-state index contributed by atoms with van der Waals surface area (Å²) >= 11 is 0. The number of amides is 1. The van der Waals surface area contributed by atoms with Crippen LogP contribution in [0.4, 0.5) is 10.5 Å². The van der Waals surface area contributed by atoms with Gasteiger partial charge in [-0.2, -0.15) is 0 Å². The number of esters is 1. The fraction of sp³-hybridized carbons (Fsp3) is 0.529. The standard InChI is InChI=1S/C17H22N2O6/c1-17(2,3)25-16(21)18-9-13(10-18)11-5-6-12(8-15(20)24-4)14(7-11)19(22)23/h5-7,13H,8-10H2,1-4H3. The van der Waals surface area contributed by atoms with Crippen LogP contribution in [-0.4, -0.2) is 47.7 Å². The van der Waals surface area contributed by atoms with Crippen molar-refractivity contribution in [3.8, 4) is 0 Å². The lowest BCUT2D eigenvalue weighted by Gasteiger charge is -2.40. The zero-order valence-electron chi connectivity index (χ0n) is 14.8. The smallest absolute Gasteiger partial charge is 0.410 e. The maximum atomic E-state index is 11.9. The third-order valence-electron chi connectivity index (χ3n) is 3.87. The van der Waals surface area contributed by atoms with Gasteiger partial charge in [-0.05, 0) is 26.3 Å². The van der Waals surface area contributed by atoms with Gasteiger partial charge in [0.15, 0.2) is 0 Å². The molecule has 1 fully saturated rings. The number of hydrogen-bond donors (Lipinski definition) is 0. The van der Waals surface area contributed by atoms with Gasteiger partial charge in [0.1, 0.15) is 5.60 Å². The molecule has 1 saturated heterocycles. The Labute approximate surface area is 145 Å². The van der Waals surface area contributed by atoms with Gasteiger partial charge in [-0.25, -0.2) is 4.79 Å². The summed E-state index contributed by atoms with van der Waals surface area (Å²) < 4.78 is 9.85. The molecule has 1 aliphatic rings. The zero-order chi connectivity index (χ0) is 18.8. The van der Waals surface area contributed by atoms with E-state index in [9.17, 15) is 19.7 Å². The Morgan fingerprint density at radius 2 is 1.96 bits per heavy atom. The molecule has 0 aliphatic carbocycles. The maximum absolute atomic E-state index is 11.9. The summed E-state index contributed by atoms with van der Waals surface area (Å²) in [6.45, 7) is 6.29. The molecule has 1 aromatic rings. The monoisotopic (exact) mass is 350 g/mol.